The molecule has 2 aromatic rings. The van der Waals surface area contributed by atoms with Crippen molar-refractivity contribution in [2.75, 3.05) is 18.0 Å². The van der Waals surface area contributed by atoms with E-state index in [9.17, 15) is 9.59 Å². The molecule has 3 heterocycles. The molecular formula is C17H14Cl3N3O2. The van der Waals surface area contributed by atoms with Gasteiger partial charge in [-0.2, -0.15) is 0 Å². The fourth-order valence-electron chi connectivity index (χ4n) is 2.63. The summed E-state index contributed by atoms with van der Waals surface area (Å²) in [5.41, 5.74) is 1.42. The highest BCUT2D eigenvalue weighted by molar-refractivity contribution is 6.34. The molecule has 1 aliphatic carbocycles. The lowest BCUT2D eigenvalue weighted by molar-refractivity contribution is 0.111. The number of anilines is 1. The zero-order chi connectivity index (χ0) is 18.0. The number of nitrogens with zero attached hydrogens (tertiary/aromatic N) is 3. The van der Waals surface area contributed by atoms with Crippen molar-refractivity contribution < 1.29 is 9.59 Å². The topological polar surface area (TPSA) is 63.2 Å². The van der Waals surface area contributed by atoms with Crippen LogP contribution in [0.4, 0.5) is 5.82 Å². The molecule has 0 aromatic carbocycles. The maximum Gasteiger partial charge on any atom is 0.153 e. The third kappa shape index (κ3) is 4.11. The van der Waals surface area contributed by atoms with Gasteiger partial charge in [0.25, 0.3) is 0 Å². The van der Waals surface area contributed by atoms with Crippen molar-refractivity contribution in [1.82, 2.24) is 9.97 Å². The first-order valence-corrected chi connectivity index (χ1v) is 8.74. The Kier molecular flexibility index (Phi) is 5.27. The molecule has 1 aliphatic heterocycles. The van der Waals surface area contributed by atoms with Gasteiger partial charge in [-0.1, -0.05) is 34.8 Å². The second kappa shape index (κ2) is 7.28. The van der Waals surface area contributed by atoms with E-state index in [1.54, 1.807) is 6.07 Å². The zero-order valence-corrected chi connectivity index (χ0v) is 15.4. The summed E-state index contributed by atoms with van der Waals surface area (Å²) in [7, 11) is 0. The number of hydrogen-bond acceptors (Lipinski definition) is 5. The summed E-state index contributed by atoms with van der Waals surface area (Å²) in [5, 5.41) is 0.734. The molecule has 8 heteroatoms. The minimum absolute atomic E-state index is 0.141. The van der Waals surface area contributed by atoms with Crippen molar-refractivity contribution in [3.8, 4) is 0 Å². The Bertz CT molecular complexity index is 817. The van der Waals surface area contributed by atoms with E-state index in [1.807, 2.05) is 6.07 Å². The number of carbonyl (C=O) groups is 2. The van der Waals surface area contributed by atoms with Crippen LogP contribution in [0.1, 0.15) is 33.6 Å². The first-order chi connectivity index (χ1) is 12.0. The molecule has 0 atom stereocenters. The van der Waals surface area contributed by atoms with Gasteiger partial charge in [-0.3, -0.25) is 9.59 Å². The Morgan fingerprint density at radius 3 is 1.92 bits per heavy atom. The molecule has 0 unspecified atom stereocenters. The van der Waals surface area contributed by atoms with Gasteiger partial charge >= 0.3 is 0 Å². The van der Waals surface area contributed by atoms with Crippen LogP contribution in [0.25, 0.3) is 0 Å². The number of rotatable bonds is 3. The number of pyridine rings is 2. The summed E-state index contributed by atoms with van der Waals surface area (Å²) in [6.45, 7) is 2.19. The molecule has 5 nitrogen and oxygen atoms in total. The van der Waals surface area contributed by atoms with Gasteiger partial charge in [0.05, 0.1) is 11.1 Å². The molecule has 130 valence electrons. The van der Waals surface area contributed by atoms with Crippen LogP contribution in [0.5, 0.6) is 0 Å². The van der Waals surface area contributed by atoms with E-state index in [4.69, 9.17) is 34.8 Å². The predicted molar refractivity (Wildman–Crippen MR) is 98.2 cm³/mol. The highest BCUT2D eigenvalue weighted by Crippen LogP contribution is 2.53. The smallest absolute Gasteiger partial charge is 0.153 e. The first-order valence-electron chi connectivity index (χ1n) is 7.60. The van der Waals surface area contributed by atoms with E-state index in [2.05, 4.69) is 14.9 Å². The second-order valence-electron chi connectivity index (χ2n) is 6.16. The molecule has 25 heavy (non-hydrogen) atoms. The molecule has 2 fully saturated rings. The van der Waals surface area contributed by atoms with Crippen LogP contribution in [0.15, 0.2) is 24.3 Å². The fraction of sp³-hybridized carbons (Fsp3) is 0.294. The van der Waals surface area contributed by atoms with Crippen LogP contribution >= 0.6 is 34.8 Å². The maximum absolute atomic E-state index is 10.6. The molecule has 1 spiro atoms. The minimum atomic E-state index is 0.141. The van der Waals surface area contributed by atoms with Gasteiger partial charge < -0.3 is 4.90 Å². The van der Waals surface area contributed by atoms with Crippen molar-refractivity contribution in [1.29, 1.82) is 0 Å². The summed E-state index contributed by atoms with van der Waals surface area (Å²) in [6.07, 6.45) is 4.07. The fourth-order valence-corrected chi connectivity index (χ4v) is 3.21. The van der Waals surface area contributed by atoms with Crippen LogP contribution in [0, 0.1) is 5.41 Å². The van der Waals surface area contributed by atoms with Gasteiger partial charge in [-0.25, -0.2) is 9.97 Å². The highest BCUT2D eigenvalue weighted by atomic mass is 35.5. The Labute approximate surface area is 159 Å². The normalized spacial score (nSPS) is 16.5. The van der Waals surface area contributed by atoms with E-state index in [0.717, 1.165) is 25.2 Å². The number of aldehydes is 2. The number of aromatic nitrogens is 2. The van der Waals surface area contributed by atoms with E-state index < -0.39 is 0 Å². The van der Waals surface area contributed by atoms with Crippen LogP contribution in [-0.4, -0.2) is 35.6 Å². The highest BCUT2D eigenvalue weighted by Gasteiger charge is 2.52. The van der Waals surface area contributed by atoms with E-state index >= 15 is 0 Å². The lowest BCUT2D eigenvalue weighted by atomic mass is 9.97. The third-order valence-electron chi connectivity index (χ3n) is 4.29. The van der Waals surface area contributed by atoms with Crippen molar-refractivity contribution in [3.05, 3.63) is 50.9 Å². The largest absolute Gasteiger partial charge is 0.355 e. The third-order valence-corrected chi connectivity index (χ3v) is 5.11. The van der Waals surface area contributed by atoms with Crippen molar-refractivity contribution in [2.24, 2.45) is 5.41 Å². The molecule has 2 aromatic heterocycles. The molecule has 0 amide bonds. The quantitative estimate of drug-likeness (QED) is 0.568. The van der Waals surface area contributed by atoms with E-state index in [-0.39, 0.29) is 10.3 Å². The number of carbonyl (C=O) groups excluding carboxylic acids is 2. The first kappa shape index (κ1) is 18.1. The number of halogens is 3. The summed E-state index contributed by atoms with van der Waals surface area (Å²) < 4.78 is 0. The average Bonchev–Trinajstić information content (AvgIpc) is 3.35. The van der Waals surface area contributed by atoms with Gasteiger partial charge in [-0.15, -0.1) is 0 Å². The summed E-state index contributed by atoms with van der Waals surface area (Å²) in [5.74, 6) is 0.892. The molecule has 1 saturated carbocycles. The molecular weight excluding hydrogens is 385 g/mol. The van der Waals surface area contributed by atoms with Crippen molar-refractivity contribution in [3.63, 3.8) is 0 Å². The van der Waals surface area contributed by atoms with Crippen molar-refractivity contribution in [2.45, 2.75) is 12.8 Å². The Morgan fingerprint density at radius 2 is 1.44 bits per heavy atom. The van der Waals surface area contributed by atoms with Gasteiger partial charge in [0, 0.05) is 18.5 Å². The van der Waals surface area contributed by atoms with Crippen LogP contribution < -0.4 is 4.90 Å². The average molecular weight is 399 g/mol. The van der Waals surface area contributed by atoms with E-state index in [1.165, 1.54) is 25.0 Å². The molecule has 0 bridgehead atoms. The van der Waals surface area contributed by atoms with E-state index in [0.29, 0.717) is 28.0 Å². The monoisotopic (exact) mass is 397 g/mol. The molecule has 4 rings (SSSR count). The van der Waals surface area contributed by atoms with Crippen molar-refractivity contribution >= 4 is 53.2 Å². The maximum atomic E-state index is 10.6. The van der Waals surface area contributed by atoms with Crippen LogP contribution in [-0.2, 0) is 0 Å². The predicted octanol–water partition coefficient (Wildman–Crippen LogP) is 4.35. The minimum Gasteiger partial charge on any atom is -0.355 e. The molecule has 0 N–H and O–H groups in total. The standard InChI is InChI=1S/C11H11ClN2O.C6H3Cl2NO/c12-10-8(5-15)1-2-9(13-10)14-6-11(7-14)3-4-11;7-5-2-1-4(3-10)6(8)9-5/h1-2,5H,3-4,6-7H2;1-3H. The Morgan fingerprint density at radius 1 is 0.880 bits per heavy atom. The van der Waals surface area contributed by atoms with Gasteiger partial charge in [0.1, 0.15) is 21.3 Å². The summed E-state index contributed by atoms with van der Waals surface area (Å²) in [4.78, 5) is 30.8. The molecule has 1 saturated heterocycles. The van der Waals surface area contributed by atoms with Gasteiger partial charge in [0.2, 0.25) is 0 Å². The lowest BCUT2D eigenvalue weighted by Gasteiger charge is -2.40. The SMILES string of the molecule is O=Cc1ccc(Cl)nc1Cl.O=Cc1ccc(N2CC3(CC3)C2)nc1Cl. The molecule has 0 radical (unpaired) electrons. The second-order valence-corrected chi connectivity index (χ2v) is 7.26. The summed E-state index contributed by atoms with van der Waals surface area (Å²) >= 11 is 16.8. The Balaban J connectivity index is 0.000000160. The zero-order valence-electron chi connectivity index (χ0n) is 13.1. The van der Waals surface area contributed by atoms with Gasteiger partial charge in [-0.05, 0) is 37.1 Å². The van der Waals surface area contributed by atoms with Crippen LogP contribution in [0.2, 0.25) is 15.5 Å². The Hall–Kier alpha value is -1.69. The summed E-state index contributed by atoms with van der Waals surface area (Å²) in [6, 6.07) is 6.63. The molecule has 2 aliphatic rings. The lowest BCUT2D eigenvalue weighted by Crippen LogP contribution is -2.48. The van der Waals surface area contributed by atoms with Crippen LogP contribution in [0.3, 0.4) is 0 Å². The number of hydrogen-bond donors (Lipinski definition) is 0. The van der Waals surface area contributed by atoms with Gasteiger partial charge in [0.15, 0.2) is 12.6 Å².